The van der Waals surface area contributed by atoms with Crippen LogP contribution < -0.4 is 5.69 Å². The number of halogens is 2. The van der Waals surface area contributed by atoms with Crippen molar-refractivity contribution in [1.82, 2.24) is 29.2 Å². The van der Waals surface area contributed by atoms with Crippen molar-refractivity contribution >= 4 is 17.1 Å². The second kappa shape index (κ2) is 9.99. The van der Waals surface area contributed by atoms with Gasteiger partial charge in [-0.1, -0.05) is 12.1 Å². The number of alkyl halides is 2. The van der Waals surface area contributed by atoms with Gasteiger partial charge in [-0.3, -0.25) is 14.1 Å². The third-order valence-electron chi connectivity index (χ3n) is 6.37. The van der Waals surface area contributed by atoms with E-state index in [9.17, 15) is 18.4 Å². The van der Waals surface area contributed by atoms with Crippen LogP contribution in [0.5, 0.6) is 0 Å². The number of rotatable bonds is 5. The molecule has 5 rings (SSSR count). The summed E-state index contributed by atoms with van der Waals surface area (Å²) in [6.45, 7) is 6.72. The highest BCUT2D eigenvalue weighted by molar-refractivity contribution is 5.76. The molecule has 0 unspecified atom stereocenters. The second-order valence-electron chi connectivity index (χ2n) is 10.2. The average Bonchev–Trinajstić information content (AvgIpc) is 3.48. The van der Waals surface area contributed by atoms with Crippen LogP contribution in [0.25, 0.3) is 22.5 Å². The van der Waals surface area contributed by atoms with E-state index in [1.54, 1.807) is 26.2 Å². The number of benzene rings is 1. The number of amides is 1. The molecule has 0 N–H and O–H groups in total. The molecule has 4 aromatic rings. The smallest absolute Gasteiger partial charge is 0.410 e. The Morgan fingerprint density at radius 2 is 1.82 bits per heavy atom. The van der Waals surface area contributed by atoms with E-state index >= 15 is 0 Å². The van der Waals surface area contributed by atoms with Gasteiger partial charge in [0.1, 0.15) is 5.60 Å². The number of fused-ring (bicyclic) bond motifs is 1. The number of hydrogen-bond donors (Lipinski definition) is 0. The Kier molecular flexibility index (Phi) is 6.72. The predicted octanol–water partition coefficient (Wildman–Crippen LogP) is 4.81. The highest BCUT2D eigenvalue weighted by atomic mass is 19.3. The minimum atomic E-state index is -2.85. The van der Waals surface area contributed by atoms with Crippen LogP contribution in [0, 0.1) is 0 Å². The van der Waals surface area contributed by atoms with Gasteiger partial charge in [-0.25, -0.2) is 9.59 Å². The highest BCUT2D eigenvalue weighted by Gasteiger charge is 2.29. The topological polar surface area (TPSA) is 108 Å². The Morgan fingerprint density at radius 3 is 2.42 bits per heavy atom. The molecule has 1 aliphatic heterocycles. The Balaban J connectivity index is 1.36. The van der Waals surface area contributed by atoms with Crippen molar-refractivity contribution in [2.24, 2.45) is 0 Å². The SMILES string of the molecule is CC(C)(C)OC(=O)N1CCC(n2c(=O)n(Cc3ccc(-c4nnc(C(F)F)o4)cn3)c3ccccc32)CC1. The molecular weight excluding hydrogens is 498 g/mol. The van der Waals surface area contributed by atoms with Crippen LogP contribution in [0.2, 0.25) is 0 Å². The first-order chi connectivity index (χ1) is 18.1. The number of likely N-dealkylation sites (tertiary alicyclic amines) is 1. The summed E-state index contributed by atoms with van der Waals surface area (Å²) in [7, 11) is 0. The maximum atomic E-state index is 13.6. The summed E-state index contributed by atoms with van der Waals surface area (Å²) in [6.07, 6.45) is -0.478. The predicted molar refractivity (Wildman–Crippen MR) is 134 cm³/mol. The monoisotopic (exact) mass is 526 g/mol. The summed E-state index contributed by atoms with van der Waals surface area (Å²) in [5, 5.41) is 6.97. The second-order valence-corrected chi connectivity index (χ2v) is 10.2. The number of nitrogens with zero attached hydrogens (tertiary/aromatic N) is 6. The normalized spacial score (nSPS) is 14.9. The van der Waals surface area contributed by atoms with E-state index in [2.05, 4.69) is 15.2 Å². The van der Waals surface area contributed by atoms with Crippen molar-refractivity contribution in [3.8, 4) is 11.5 Å². The van der Waals surface area contributed by atoms with Crippen LogP contribution >= 0.6 is 0 Å². The minimum absolute atomic E-state index is 0.0501. The lowest BCUT2D eigenvalue weighted by Gasteiger charge is -2.33. The zero-order chi connectivity index (χ0) is 27.0. The molecule has 3 aromatic heterocycles. The number of carbonyl (C=O) groups is 1. The molecule has 0 bridgehead atoms. The summed E-state index contributed by atoms with van der Waals surface area (Å²) in [5.41, 5.74) is 1.87. The molecule has 200 valence electrons. The van der Waals surface area contributed by atoms with Gasteiger partial charge in [-0.2, -0.15) is 8.78 Å². The average molecular weight is 527 g/mol. The molecule has 4 heterocycles. The third-order valence-corrected chi connectivity index (χ3v) is 6.37. The quantitative estimate of drug-likeness (QED) is 0.367. The van der Waals surface area contributed by atoms with Crippen LogP contribution in [-0.2, 0) is 11.3 Å². The van der Waals surface area contributed by atoms with Gasteiger partial charge in [0.2, 0.25) is 5.89 Å². The van der Waals surface area contributed by atoms with Gasteiger partial charge in [0.05, 0.1) is 28.8 Å². The van der Waals surface area contributed by atoms with E-state index in [0.29, 0.717) is 37.2 Å². The molecule has 0 atom stereocenters. The van der Waals surface area contributed by atoms with Crippen molar-refractivity contribution in [2.45, 2.75) is 58.2 Å². The zero-order valence-electron chi connectivity index (χ0n) is 21.3. The minimum Gasteiger partial charge on any atom is -0.444 e. The van der Waals surface area contributed by atoms with Crippen LogP contribution in [-0.4, -0.2) is 54.0 Å². The largest absolute Gasteiger partial charge is 0.444 e. The van der Waals surface area contributed by atoms with Gasteiger partial charge in [0.15, 0.2) is 0 Å². The Morgan fingerprint density at radius 1 is 1.11 bits per heavy atom. The molecule has 12 heteroatoms. The lowest BCUT2D eigenvalue weighted by Crippen LogP contribution is -2.43. The van der Waals surface area contributed by atoms with Gasteiger partial charge in [-0.15, -0.1) is 10.2 Å². The number of carbonyl (C=O) groups excluding carboxylic acids is 1. The molecule has 0 aliphatic carbocycles. The van der Waals surface area contributed by atoms with Gasteiger partial charge in [-0.05, 0) is 57.9 Å². The van der Waals surface area contributed by atoms with Gasteiger partial charge in [0, 0.05) is 25.3 Å². The first kappa shape index (κ1) is 25.6. The summed E-state index contributed by atoms with van der Waals surface area (Å²) < 4.78 is 39.4. The highest BCUT2D eigenvalue weighted by Crippen LogP contribution is 2.27. The molecule has 0 saturated carbocycles. The van der Waals surface area contributed by atoms with Crippen LogP contribution in [0.1, 0.15) is 57.7 Å². The van der Waals surface area contributed by atoms with Crippen LogP contribution in [0.15, 0.2) is 51.8 Å². The summed E-state index contributed by atoms with van der Waals surface area (Å²) in [5.74, 6) is -0.800. The Hall–Kier alpha value is -4.09. The number of para-hydroxylation sites is 2. The molecule has 38 heavy (non-hydrogen) atoms. The first-order valence-electron chi connectivity index (χ1n) is 12.4. The molecule has 0 spiro atoms. The third kappa shape index (κ3) is 5.15. The lowest BCUT2D eigenvalue weighted by molar-refractivity contribution is 0.0188. The number of piperidine rings is 1. The molecule has 1 saturated heterocycles. The standard InChI is InChI=1S/C26H28F2N6O4/c1-26(2,3)38-25(36)32-12-10-18(11-13-32)34-20-7-5-4-6-19(20)33(24(34)35)15-17-9-8-16(14-29-17)22-30-31-23(37-22)21(27)28/h4-9,14,18,21H,10-13,15H2,1-3H3. The van der Waals surface area contributed by atoms with Crippen molar-refractivity contribution in [3.05, 3.63) is 64.7 Å². The van der Waals surface area contributed by atoms with Crippen LogP contribution in [0.4, 0.5) is 13.6 Å². The van der Waals surface area contributed by atoms with E-state index in [4.69, 9.17) is 9.15 Å². The summed E-state index contributed by atoms with van der Waals surface area (Å²) in [6, 6.07) is 10.8. The number of hydrogen-bond acceptors (Lipinski definition) is 7. The van der Waals surface area contributed by atoms with Gasteiger partial charge < -0.3 is 14.1 Å². The van der Waals surface area contributed by atoms with Crippen LogP contribution in [0.3, 0.4) is 0 Å². The number of pyridine rings is 1. The Labute approximate surface area is 216 Å². The molecule has 0 radical (unpaired) electrons. The maximum absolute atomic E-state index is 13.6. The molecule has 1 aliphatic rings. The molecule has 1 amide bonds. The summed E-state index contributed by atoms with van der Waals surface area (Å²) >= 11 is 0. The van der Waals surface area contributed by atoms with E-state index in [1.165, 1.54) is 6.20 Å². The van der Waals surface area contributed by atoms with E-state index in [0.717, 1.165) is 11.0 Å². The lowest BCUT2D eigenvalue weighted by atomic mass is 10.0. The number of aromatic nitrogens is 5. The first-order valence-corrected chi connectivity index (χ1v) is 12.4. The van der Waals surface area contributed by atoms with E-state index < -0.39 is 17.9 Å². The Bertz CT molecular complexity index is 1490. The molecule has 10 nitrogen and oxygen atoms in total. The fourth-order valence-electron chi connectivity index (χ4n) is 4.62. The van der Waals surface area contributed by atoms with E-state index in [1.807, 2.05) is 45.0 Å². The molecule has 1 fully saturated rings. The zero-order valence-corrected chi connectivity index (χ0v) is 21.3. The van der Waals surface area contributed by atoms with Gasteiger partial charge >= 0.3 is 18.2 Å². The van der Waals surface area contributed by atoms with Crippen molar-refractivity contribution in [2.75, 3.05) is 13.1 Å². The number of ether oxygens (including phenoxy) is 1. The van der Waals surface area contributed by atoms with Gasteiger partial charge in [0.25, 0.3) is 5.89 Å². The van der Waals surface area contributed by atoms with E-state index in [-0.39, 0.29) is 30.3 Å². The fourth-order valence-corrected chi connectivity index (χ4v) is 4.62. The fraction of sp³-hybridized carbons (Fsp3) is 0.423. The molecule has 1 aromatic carbocycles. The summed E-state index contributed by atoms with van der Waals surface area (Å²) in [4.78, 5) is 32.2. The molecular formula is C26H28F2N6O4. The van der Waals surface area contributed by atoms with Crippen molar-refractivity contribution in [1.29, 1.82) is 0 Å². The maximum Gasteiger partial charge on any atom is 0.410 e. The number of imidazole rings is 1. The van der Waals surface area contributed by atoms with Crippen molar-refractivity contribution < 1.29 is 22.7 Å². The van der Waals surface area contributed by atoms with Crippen molar-refractivity contribution in [3.63, 3.8) is 0 Å².